The van der Waals surface area contributed by atoms with Gasteiger partial charge < -0.3 is 4.18 Å². The van der Waals surface area contributed by atoms with Crippen LogP contribution in [0.25, 0.3) is 32.7 Å². The standard InChI is InChI=1S/C20H14O3S/c21-24(22)23-20-18(14-6-2-1-3-7-14)11-10-17-12-15-8-4-5-9-16(15)13-19(17)20/h1-13H,(H,21,22). The molecule has 4 aromatic carbocycles. The summed E-state index contributed by atoms with van der Waals surface area (Å²) >= 11 is -2.39. The Balaban J connectivity index is 2.06. The zero-order valence-electron chi connectivity index (χ0n) is 12.7. The predicted molar refractivity (Wildman–Crippen MR) is 98.3 cm³/mol. The molecule has 118 valence electrons. The van der Waals surface area contributed by atoms with Crippen molar-refractivity contribution in [3.8, 4) is 16.9 Å². The third-order valence-electron chi connectivity index (χ3n) is 4.08. The zero-order valence-corrected chi connectivity index (χ0v) is 13.5. The van der Waals surface area contributed by atoms with Crippen LogP contribution in [0, 0.1) is 0 Å². The fraction of sp³-hybridized carbons (Fsp3) is 0. The van der Waals surface area contributed by atoms with Crippen LogP contribution >= 0.6 is 0 Å². The number of hydrogen-bond donors (Lipinski definition) is 1. The van der Waals surface area contributed by atoms with Gasteiger partial charge in [0, 0.05) is 10.9 Å². The van der Waals surface area contributed by atoms with Crippen LogP contribution < -0.4 is 4.18 Å². The first-order chi connectivity index (χ1) is 11.7. The molecule has 1 atom stereocenters. The van der Waals surface area contributed by atoms with Crippen molar-refractivity contribution in [1.29, 1.82) is 0 Å². The van der Waals surface area contributed by atoms with Gasteiger partial charge in [-0.05, 0) is 39.9 Å². The van der Waals surface area contributed by atoms with E-state index in [1.165, 1.54) is 0 Å². The molecule has 1 N–H and O–H groups in total. The first-order valence-electron chi connectivity index (χ1n) is 7.52. The maximum absolute atomic E-state index is 11.3. The Labute approximate surface area is 142 Å². The second kappa shape index (κ2) is 6.07. The van der Waals surface area contributed by atoms with Crippen LogP contribution in [0.4, 0.5) is 0 Å². The summed E-state index contributed by atoms with van der Waals surface area (Å²) in [4.78, 5) is 0. The van der Waals surface area contributed by atoms with Gasteiger partial charge in [0.15, 0.2) is 5.75 Å². The molecule has 0 radical (unpaired) electrons. The number of benzene rings is 4. The first-order valence-corrected chi connectivity index (χ1v) is 8.56. The molecule has 0 aliphatic heterocycles. The summed E-state index contributed by atoms with van der Waals surface area (Å²) in [6.07, 6.45) is 0. The molecular weight excluding hydrogens is 320 g/mol. The maximum Gasteiger partial charge on any atom is 0.357 e. The van der Waals surface area contributed by atoms with E-state index in [1.807, 2.05) is 72.8 Å². The molecule has 24 heavy (non-hydrogen) atoms. The highest BCUT2D eigenvalue weighted by molar-refractivity contribution is 7.74. The number of fused-ring (bicyclic) bond motifs is 2. The van der Waals surface area contributed by atoms with Gasteiger partial charge in [-0.15, -0.1) is 0 Å². The van der Waals surface area contributed by atoms with Crippen molar-refractivity contribution in [2.75, 3.05) is 0 Å². The average molecular weight is 334 g/mol. The summed E-state index contributed by atoms with van der Waals surface area (Å²) in [5, 5.41) is 3.96. The van der Waals surface area contributed by atoms with Gasteiger partial charge in [0.05, 0.1) is 0 Å². The van der Waals surface area contributed by atoms with E-state index in [-0.39, 0.29) is 0 Å². The van der Waals surface area contributed by atoms with Crippen LogP contribution in [0.1, 0.15) is 0 Å². The van der Waals surface area contributed by atoms with Crippen molar-refractivity contribution < 1.29 is 12.9 Å². The lowest BCUT2D eigenvalue weighted by molar-refractivity contribution is 0.461. The van der Waals surface area contributed by atoms with Crippen molar-refractivity contribution in [2.24, 2.45) is 0 Å². The summed E-state index contributed by atoms with van der Waals surface area (Å²) in [6.45, 7) is 0. The van der Waals surface area contributed by atoms with E-state index in [9.17, 15) is 8.76 Å². The maximum atomic E-state index is 11.3. The zero-order chi connectivity index (χ0) is 16.5. The lowest BCUT2D eigenvalue weighted by atomic mass is 9.97. The molecule has 0 amide bonds. The van der Waals surface area contributed by atoms with Crippen molar-refractivity contribution in [2.45, 2.75) is 0 Å². The fourth-order valence-corrected chi connectivity index (χ4v) is 3.31. The number of rotatable bonds is 3. The monoisotopic (exact) mass is 334 g/mol. The Morgan fingerprint density at radius 3 is 2.12 bits per heavy atom. The Kier molecular flexibility index (Phi) is 3.76. The SMILES string of the molecule is O=S(O)Oc1c(-c2ccccc2)ccc2cc3ccccc3cc12. The van der Waals surface area contributed by atoms with Crippen LogP contribution in [0.15, 0.2) is 78.9 Å². The van der Waals surface area contributed by atoms with E-state index in [1.54, 1.807) is 0 Å². The van der Waals surface area contributed by atoms with E-state index < -0.39 is 11.4 Å². The Morgan fingerprint density at radius 2 is 1.42 bits per heavy atom. The summed E-state index contributed by atoms with van der Waals surface area (Å²) in [5.74, 6) is 0.422. The van der Waals surface area contributed by atoms with Crippen LogP contribution in [-0.4, -0.2) is 8.76 Å². The second-order valence-corrected chi connectivity index (χ2v) is 6.13. The highest BCUT2D eigenvalue weighted by Gasteiger charge is 2.14. The minimum Gasteiger partial charge on any atom is -0.379 e. The molecule has 0 fully saturated rings. The average Bonchev–Trinajstić information content (AvgIpc) is 2.61. The third-order valence-corrected chi connectivity index (χ3v) is 4.39. The molecule has 0 aromatic heterocycles. The second-order valence-electron chi connectivity index (χ2n) is 5.53. The molecule has 0 aliphatic rings. The van der Waals surface area contributed by atoms with Crippen LogP contribution in [0.2, 0.25) is 0 Å². The smallest absolute Gasteiger partial charge is 0.357 e. The van der Waals surface area contributed by atoms with Crippen molar-refractivity contribution in [1.82, 2.24) is 0 Å². The number of hydrogen-bond acceptors (Lipinski definition) is 2. The van der Waals surface area contributed by atoms with Gasteiger partial charge in [-0.1, -0.05) is 60.7 Å². The molecule has 4 aromatic rings. The normalized spacial score (nSPS) is 12.4. The van der Waals surface area contributed by atoms with Crippen LogP contribution in [-0.2, 0) is 11.4 Å². The van der Waals surface area contributed by atoms with Gasteiger partial charge in [0.2, 0.25) is 0 Å². The summed E-state index contributed by atoms with van der Waals surface area (Å²) in [6, 6.07) is 25.7. The molecular formula is C20H14O3S. The van der Waals surface area contributed by atoms with Crippen molar-refractivity contribution in [3.63, 3.8) is 0 Å². The molecule has 0 bridgehead atoms. The van der Waals surface area contributed by atoms with Gasteiger partial charge in [0.25, 0.3) is 0 Å². The fourth-order valence-electron chi connectivity index (χ4n) is 2.99. The molecule has 0 aliphatic carbocycles. The highest BCUT2D eigenvalue weighted by Crippen LogP contribution is 2.38. The molecule has 0 spiro atoms. The summed E-state index contributed by atoms with van der Waals surface area (Å²) in [5.41, 5.74) is 1.73. The minimum atomic E-state index is -2.39. The lowest BCUT2D eigenvalue weighted by Crippen LogP contribution is -2.00. The Hall–Kier alpha value is -2.69. The molecule has 4 heteroatoms. The highest BCUT2D eigenvalue weighted by atomic mass is 32.2. The Morgan fingerprint density at radius 1 is 0.750 bits per heavy atom. The molecule has 0 saturated heterocycles. The van der Waals surface area contributed by atoms with Gasteiger partial charge in [-0.2, -0.15) is 4.21 Å². The van der Waals surface area contributed by atoms with Gasteiger partial charge in [-0.3, -0.25) is 4.55 Å². The summed E-state index contributed by atoms with van der Waals surface area (Å²) in [7, 11) is 0. The molecule has 0 saturated carbocycles. The minimum absolute atomic E-state index is 0.422. The van der Waals surface area contributed by atoms with Gasteiger partial charge >= 0.3 is 11.4 Å². The van der Waals surface area contributed by atoms with Crippen molar-refractivity contribution >= 4 is 32.9 Å². The van der Waals surface area contributed by atoms with E-state index in [2.05, 4.69) is 6.07 Å². The lowest BCUT2D eigenvalue weighted by Gasteiger charge is -2.13. The molecule has 0 heterocycles. The van der Waals surface area contributed by atoms with Gasteiger partial charge in [-0.25, -0.2) is 0 Å². The van der Waals surface area contributed by atoms with E-state index >= 15 is 0 Å². The Bertz CT molecular complexity index is 1060. The van der Waals surface area contributed by atoms with Crippen LogP contribution in [0.3, 0.4) is 0 Å². The van der Waals surface area contributed by atoms with E-state index in [4.69, 9.17) is 4.18 Å². The molecule has 3 nitrogen and oxygen atoms in total. The molecule has 1 unspecified atom stereocenters. The topological polar surface area (TPSA) is 46.5 Å². The largest absolute Gasteiger partial charge is 0.379 e. The first kappa shape index (κ1) is 14.9. The summed E-state index contributed by atoms with van der Waals surface area (Å²) < 4.78 is 25.9. The third kappa shape index (κ3) is 2.66. The van der Waals surface area contributed by atoms with Gasteiger partial charge in [0.1, 0.15) is 0 Å². The predicted octanol–water partition coefficient (Wildman–Crippen LogP) is 5.18. The van der Waals surface area contributed by atoms with E-state index in [0.29, 0.717) is 5.75 Å². The molecule has 4 rings (SSSR count). The van der Waals surface area contributed by atoms with E-state index in [0.717, 1.165) is 32.7 Å². The quantitative estimate of drug-likeness (QED) is 0.415. The van der Waals surface area contributed by atoms with Crippen molar-refractivity contribution in [3.05, 3.63) is 78.9 Å². The van der Waals surface area contributed by atoms with Crippen LogP contribution in [0.5, 0.6) is 5.75 Å².